The molecular formula is C21H27N5O3S2. The van der Waals surface area contributed by atoms with Crippen molar-refractivity contribution in [2.75, 3.05) is 26.2 Å². The first-order chi connectivity index (χ1) is 14.8. The number of hydrogen-bond donors (Lipinski definition) is 0. The van der Waals surface area contributed by atoms with Crippen LogP contribution < -0.4 is 5.56 Å². The first-order valence-electron chi connectivity index (χ1n) is 10.5. The van der Waals surface area contributed by atoms with E-state index in [0.29, 0.717) is 54.2 Å². The molecule has 0 radical (unpaired) electrons. The molecule has 0 N–H and O–H groups in total. The molecule has 0 saturated carbocycles. The molecule has 0 bridgehead atoms. The third kappa shape index (κ3) is 4.57. The molecule has 0 spiro atoms. The first kappa shape index (κ1) is 22.1. The van der Waals surface area contributed by atoms with Crippen molar-refractivity contribution in [3.63, 3.8) is 0 Å². The zero-order valence-electron chi connectivity index (χ0n) is 18.0. The molecule has 1 fully saturated rings. The quantitative estimate of drug-likeness (QED) is 0.560. The first-order valence-corrected chi connectivity index (χ1v) is 12.7. The highest BCUT2D eigenvalue weighted by Crippen LogP contribution is 2.23. The molecular weight excluding hydrogens is 434 g/mol. The third-order valence-electron chi connectivity index (χ3n) is 5.80. The number of nitrogens with zero attached hydrogens (tertiary/aromatic N) is 5. The van der Waals surface area contributed by atoms with Crippen molar-refractivity contribution in [1.29, 1.82) is 0 Å². The van der Waals surface area contributed by atoms with Crippen LogP contribution in [0.4, 0.5) is 0 Å². The van der Waals surface area contributed by atoms with Crippen molar-refractivity contribution in [2.45, 2.75) is 44.6 Å². The van der Waals surface area contributed by atoms with Gasteiger partial charge in [-0.05, 0) is 37.0 Å². The van der Waals surface area contributed by atoms with Crippen LogP contribution in [-0.4, -0.2) is 58.4 Å². The van der Waals surface area contributed by atoms with E-state index in [4.69, 9.17) is 0 Å². The molecule has 1 atom stereocenters. The standard InChI is InChI=1S/C21H27N5O3S2/c1-4-15(2)17-5-7-18(8-6-17)31(28,29)25-11-9-24(10-12-25)14-19-23-26-20(27)13-16(3)22-21(26)30-19/h5-8,13,15H,4,9-12,14H2,1-3H3. The Kier molecular flexibility index (Phi) is 6.25. The molecule has 2 aromatic heterocycles. The van der Waals surface area contributed by atoms with E-state index >= 15 is 0 Å². The fraction of sp³-hybridized carbons (Fsp3) is 0.476. The van der Waals surface area contributed by atoms with Crippen LogP contribution in [0.1, 0.15) is 42.5 Å². The average molecular weight is 462 g/mol. The Balaban J connectivity index is 1.41. The molecule has 1 aliphatic heterocycles. The number of aromatic nitrogens is 3. The number of hydrogen-bond acceptors (Lipinski definition) is 7. The van der Waals surface area contributed by atoms with Gasteiger partial charge < -0.3 is 0 Å². The molecule has 10 heteroatoms. The fourth-order valence-corrected chi connectivity index (χ4v) is 6.11. The molecule has 166 valence electrons. The summed E-state index contributed by atoms with van der Waals surface area (Å²) < 4.78 is 29.0. The lowest BCUT2D eigenvalue weighted by Crippen LogP contribution is -2.48. The minimum atomic E-state index is -3.50. The SMILES string of the molecule is CCC(C)c1ccc(S(=O)(=O)N2CCN(Cc3nn4c(=O)cc(C)nc4s3)CC2)cc1. The number of fused-ring (bicyclic) bond motifs is 1. The second-order valence-electron chi connectivity index (χ2n) is 7.98. The van der Waals surface area contributed by atoms with Gasteiger partial charge in [-0.15, -0.1) is 0 Å². The zero-order chi connectivity index (χ0) is 22.2. The highest BCUT2D eigenvalue weighted by Gasteiger charge is 2.29. The highest BCUT2D eigenvalue weighted by atomic mass is 32.2. The molecule has 1 saturated heterocycles. The van der Waals surface area contributed by atoms with Crippen molar-refractivity contribution in [3.05, 3.63) is 57.0 Å². The van der Waals surface area contributed by atoms with Crippen LogP contribution in [0, 0.1) is 6.92 Å². The zero-order valence-corrected chi connectivity index (χ0v) is 19.6. The van der Waals surface area contributed by atoms with E-state index in [9.17, 15) is 13.2 Å². The van der Waals surface area contributed by atoms with E-state index in [0.717, 1.165) is 17.0 Å². The molecule has 1 aromatic carbocycles. The largest absolute Gasteiger partial charge is 0.294 e. The smallest absolute Gasteiger partial charge is 0.275 e. The van der Waals surface area contributed by atoms with Crippen LogP contribution in [0.25, 0.3) is 4.96 Å². The molecule has 0 aliphatic carbocycles. The monoisotopic (exact) mass is 461 g/mol. The van der Waals surface area contributed by atoms with Gasteiger partial charge in [0.1, 0.15) is 5.01 Å². The van der Waals surface area contributed by atoms with Crippen LogP contribution in [0.5, 0.6) is 0 Å². The van der Waals surface area contributed by atoms with Crippen LogP contribution in [0.15, 0.2) is 40.0 Å². The normalized spacial score (nSPS) is 17.3. The van der Waals surface area contributed by atoms with Crippen LogP contribution in [0.3, 0.4) is 0 Å². The van der Waals surface area contributed by atoms with E-state index in [1.54, 1.807) is 23.4 Å². The van der Waals surface area contributed by atoms with E-state index in [-0.39, 0.29) is 5.56 Å². The summed E-state index contributed by atoms with van der Waals surface area (Å²) in [5.74, 6) is 0.415. The Morgan fingerprint density at radius 3 is 2.45 bits per heavy atom. The maximum atomic E-state index is 13.0. The van der Waals surface area contributed by atoms with Crippen LogP contribution in [-0.2, 0) is 16.6 Å². The Labute approximate surface area is 186 Å². The number of benzene rings is 1. The maximum absolute atomic E-state index is 13.0. The summed E-state index contributed by atoms with van der Waals surface area (Å²) in [5.41, 5.74) is 1.65. The van der Waals surface area contributed by atoms with Crippen molar-refractivity contribution in [3.8, 4) is 0 Å². The summed E-state index contributed by atoms with van der Waals surface area (Å²) in [7, 11) is -3.50. The third-order valence-corrected chi connectivity index (χ3v) is 8.61. The van der Waals surface area contributed by atoms with Crippen LogP contribution >= 0.6 is 11.3 Å². The Morgan fingerprint density at radius 1 is 1.13 bits per heavy atom. The molecule has 31 heavy (non-hydrogen) atoms. The van der Waals surface area contributed by atoms with Crippen molar-refractivity contribution in [1.82, 2.24) is 23.8 Å². The lowest BCUT2D eigenvalue weighted by atomic mass is 9.99. The summed E-state index contributed by atoms with van der Waals surface area (Å²) >= 11 is 1.40. The second kappa shape index (κ2) is 8.78. The second-order valence-corrected chi connectivity index (χ2v) is 11.0. The Morgan fingerprint density at radius 2 is 1.81 bits per heavy atom. The molecule has 3 aromatic rings. The lowest BCUT2D eigenvalue weighted by Gasteiger charge is -2.33. The molecule has 0 amide bonds. The predicted octanol–water partition coefficient (Wildman–Crippen LogP) is 2.48. The molecule has 8 nitrogen and oxygen atoms in total. The summed E-state index contributed by atoms with van der Waals surface area (Å²) in [6.07, 6.45) is 1.02. The Bertz CT molecular complexity index is 1230. The lowest BCUT2D eigenvalue weighted by molar-refractivity contribution is 0.181. The van der Waals surface area contributed by atoms with Gasteiger partial charge in [-0.1, -0.05) is 37.3 Å². The van der Waals surface area contributed by atoms with E-state index < -0.39 is 10.0 Å². The van der Waals surface area contributed by atoms with Gasteiger partial charge in [-0.25, -0.2) is 13.4 Å². The van der Waals surface area contributed by atoms with Gasteiger partial charge >= 0.3 is 0 Å². The van der Waals surface area contributed by atoms with Crippen molar-refractivity contribution >= 4 is 26.3 Å². The average Bonchev–Trinajstić information content (AvgIpc) is 3.16. The minimum Gasteiger partial charge on any atom is -0.294 e. The van der Waals surface area contributed by atoms with Gasteiger partial charge in [-0.2, -0.15) is 13.9 Å². The highest BCUT2D eigenvalue weighted by molar-refractivity contribution is 7.89. The Hall–Kier alpha value is -2.14. The van der Waals surface area contributed by atoms with Crippen molar-refractivity contribution < 1.29 is 8.42 Å². The summed E-state index contributed by atoms with van der Waals surface area (Å²) in [6.45, 7) is 8.71. The topological polar surface area (TPSA) is 87.9 Å². The number of sulfonamides is 1. The predicted molar refractivity (Wildman–Crippen MR) is 121 cm³/mol. The summed E-state index contributed by atoms with van der Waals surface area (Å²) in [5, 5.41) is 5.18. The molecule has 1 unspecified atom stereocenters. The van der Waals surface area contributed by atoms with E-state index in [1.807, 2.05) is 12.1 Å². The number of rotatable bonds is 6. The van der Waals surface area contributed by atoms with Gasteiger partial charge in [0.15, 0.2) is 0 Å². The maximum Gasteiger partial charge on any atom is 0.275 e. The van der Waals surface area contributed by atoms with E-state index in [2.05, 4.69) is 28.8 Å². The van der Waals surface area contributed by atoms with Gasteiger partial charge in [0.05, 0.1) is 11.4 Å². The van der Waals surface area contributed by atoms with Crippen LogP contribution in [0.2, 0.25) is 0 Å². The van der Waals surface area contributed by atoms with Gasteiger partial charge in [0, 0.05) is 37.9 Å². The summed E-state index contributed by atoms with van der Waals surface area (Å²) in [4.78, 5) is 19.5. The van der Waals surface area contributed by atoms with Crippen molar-refractivity contribution in [2.24, 2.45) is 0 Å². The minimum absolute atomic E-state index is 0.180. The number of aryl methyl sites for hydroxylation is 1. The number of piperazine rings is 1. The van der Waals surface area contributed by atoms with E-state index in [1.165, 1.54) is 21.9 Å². The molecule has 3 heterocycles. The summed E-state index contributed by atoms with van der Waals surface area (Å²) in [6, 6.07) is 8.74. The van der Waals surface area contributed by atoms with Gasteiger partial charge in [-0.3, -0.25) is 9.69 Å². The fourth-order valence-electron chi connectivity index (χ4n) is 3.70. The van der Waals surface area contributed by atoms with Gasteiger partial charge in [0.2, 0.25) is 15.0 Å². The van der Waals surface area contributed by atoms with Gasteiger partial charge in [0.25, 0.3) is 5.56 Å². The molecule has 1 aliphatic rings. The molecule has 4 rings (SSSR count).